The molecule has 5 heteroatoms. The second kappa shape index (κ2) is 7.24. The molecule has 0 aliphatic carbocycles. The first-order chi connectivity index (χ1) is 10.0. The molecule has 0 fully saturated rings. The van der Waals surface area contributed by atoms with Gasteiger partial charge in [-0.2, -0.15) is 0 Å². The van der Waals surface area contributed by atoms with Crippen molar-refractivity contribution in [2.75, 3.05) is 11.9 Å². The van der Waals surface area contributed by atoms with Gasteiger partial charge in [0.2, 0.25) is 0 Å². The Kier molecular flexibility index (Phi) is 5.36. The van der Waals surface area contributed by atoms with E-state index in [1.54, 1.807) is 0 Å². The van der Waals surface area contributed by atoms with E-state index in [2.05, 4.69) is 21.2 Å². The molecule has 1 atom stereocenters. The molecule has 0 aliphatic heterocycles. The van der Waals surface area contributed by atoms with Crippen LogP contribution in [0.1, 0.15) is 18.5 Å². The van der Waals surface area contributed by atoms with Crippen LogP contribution in [0.4, 0.5) is 5.69 Å². The van der Waals surface area contributed by atoms with E-state index in [0.29, 0.717) is 5.75 Å². The van der Waals surface area contributed by atoms with Crippen LogP contribution < -0.4 is 15.8 Å². The van der Waals surface area contributed by atoms with Gasteiger partial charge in [-0.15, -0.1) is 0 Å². The van der Waals surface area contributed by atoms with Crippen molar-refractivity contribution in [3.05, 3.63) is 58.6 Å². The fraction of sp³-hybridized carbons (Fsp3) is 0.188. The first kappa shape index (κ1) is 15.5. The molecule has 2 rings (SSSR count). The third-order valence-corrected chi connectivity index (χ3v) is 3.38. The minimum atomic E-state index is -0.204. The maximum Gasteiger partial charge on any atom is 0.262 e. The molecule has 2 aromatic rings. The third-order valence-electron chi connectivity index (χ3n) is 2.88. The Labute approximate surface area is 132 Å². The van der Waals surface area contributed by atoms with Crippen LogP contribution in [-0.2, 0) is 4.79 Å². The summed E-state index contributed by atoms with van der Waals surface area (Å²) in [4.78, 5) is 11.8. The summed E-state index contributed by atoms with van der Waals surface area (Å²) in [5, 5.41) is 2.77. The number of carbonyl (C=O) groups is 1. The van der Waals surface area contributed by atoms with Gasteiger partial charge in [-0.25, -0.2) is 0 Å². The number of ether oxygens (including phenoxy) is 1. The molecule has 0 bridgehead atoms. The Balaban J connectivity index is 1.86. The fourth-order valence-electron chi connectivity index (χ4n) is 1.78. The molecule has 3 N–H and O–H groups in total. The highest BCUT2D eigenvalue weighted by Gasteiger charge is 2.05. The van der Waals surface area contributed by atoms with Crippen molar-refractivity contribution >= 4 is 27.5 Å². The summed E-state index contributed by atoms with van der Waals surface area (Å²) in [6.45, 7) is 1.88. The Hall–Kier alpha value is -1.85. The lowest BCUT2D eigenvalue weighted by molar-refractivity contribution is -0.118. The van der Waals surface area contributed by atoms with Crippen molar-refractivity contribution in [3.63, 3.8) is 0 Å². The first-order valence-electron chi connectivity index (χ1n) is 6.58. The predicted octanol–water partition coefficient (Wildman–Crippen LogP) is 3.49. The predicted molar refractivity (Wildman–Crippen MR) is 87.3 cm³/mol. The summed E-state index contributed by atoms with van der Waals surface area (Å²) in [5.74, 6) is 0.438. The second-order valence-electron chi connectivity index (χ2n) is 4.70. The van der Waals surface area contributed by atoms with Crippen LogP contribution in [0.15, 0.2) is 53.0 Å². The van der Waals surface area contributed by atoms with Gasteiger partial charge in [-0.1, -0.05) is 34.1 Å². The molecular formula is C16H17BrN2O2. The van der Waals surface area contributed by atoms with Crippen LogP contribution in [0.25, 0.3) is 0 Å². The van der Waals surface area contributed by atoms with Gasteiger partial charge in [0, 0.05) is 16.2 Å². The summed E-state index contributed by atoms with van der Waals surface area (Å²) >= 11 is 3.35. The first-order valence-corrected chi connectivity index (χ1v) is 7.37. The highest BCUT2D eigenvalue weighted by Crippen LogP contribution is 2.17. The number of halogens is 1. The quantitative estimate of drug-likeness (QED) is 0.869. The normalized spacial score (nSPS) is 11.8. The number of benzene rings is 2. The minimum absolute atomic E-state index is 0.0149. The lowest BCUT2D eigenvalue weighted by Crippen LogP contribution is -2.20. The molecular weight excluding hydrogens is 332 g/mol. The molecule has 21 heavy (non-hydrogen) atoms. The number of rotatable bonds is 5. The SMILES string of the molecule is C[C@H](N)c1ccc(OCC(=O)Nc2cccc(Br)c2)cc1. The molecule has 0 saturated heterocycles. The smallest absolute Gasteiger partial charge is 0.262 e. The molecule has 0 aliphatic rings. The van der Waals surface area contributed by atoms with Crippen molar-refractivity contribution in [2.45, 2.75) is 13.0 Å². The van der Waals surface area contributed by atoms with E-state index in [1.165, 1.54) is 0 Å². The van der Waals surface area contributed by atoms with Gasteiger partial charge in [-0.05, 0) is 42.8 Å². The third kappa shape index (κ3) is 4.88. The minimum Gasteiger partial charge on any atom is -0.484 e. The summed E-state index contributed by atoms with van der Waals surface area (Å²) in [7, 11) is 0. The van der Waals surface area contributed by atoms with Crippen LogP contribution in [-0.4, -0.2) is 12.5 Å². The topological polar surface area (TPSA) is 64.3 Å². The number of nitrogens with two attached hydrogens (primary N) is 1. The average Bonchev–Trinajstić information content (AvgIpc) is 2.45. The highest BCUT2D eigenvalue weighted by molar-refractivity contribution is 9.10. The standard InChI is InChI=1S/C16H17BrN2O2/c1-11(18)12-5-7-15(8-6-12)21-10-16(20)19-14-4-2-3-13(17)9-14/h2-9,11H,10,18H2,1H3,(H,19,20)/t11-/m0/s1. The molecule has 0 unspecified atom stereocenters. The summed E-state index contributed by atoms with van der Waals surface area (Å²) < 4.78 is 6.35. The number of amides is 1. The van der Waals surface area contributed by atoms with Crippen molar-refractivity contribution in [1.29, 1.82) is 0 Å². The van der Waals surface area contributed by atoms with Gasteiger partial charge in [0.25, 0.3) is 5.91 Å². The van der Waals surface area contributed by atoms with Gasteiger partial charge in [0.15, 0.2) is 6.61 Å². The lowest BCUT2D eigenvalue weighted by Gasteiger charge is -2.09. The molecule has 0 saturated carbocycles. The van der Waals surface area contributed by atoms with Crippen LogP contribution in [0.5, 0.6) is 5.75 Å². The maximum absolute atomic E-state index is 11.8. The van der Waals surface area contributed by atoms with Gasteiger partial charge in [0.1, 0.15) is 5.75 Å². The number of hydrogen-bond donors (Lipinski definition) is 2. The summed E-state index contributed by atoms with van der Waals surface area (Å²) in [5.41, 5.74) is 7.53. The van der Waals surface area contributed by atoms with Crippen molar-refractivity contribution < 1.29 is 9.53 Å². The average molecular weight is 349 g/mol. The molecule has 1 amide bonds. The monoisotopic (exact) mass is 348 g/mol. The van der Waals surface area contributed by atoms with Crippen LogP contribution in [0, 0.1) is 0 Å². The van der Waals surface area contributed by atoms with Crippen LogP contribution in [0.3, 0.4) is 0 Å². The van der Waals surface area contributed by atoms with Gasteiger partial charge < -0.3 is 15.8 Å². The zero-order chi connectivity index (χ0) is 15.2. The number of anilines is 1. The van der Waals surface area contributed by atoms with E-state index in [1.807, 2.05) is 55.5 Å². The Morgan fingerprint density at radius 3 is 2.62 bits per heavy atom. The number of carbonyl (C=O) groups excluding carboxylic acids is 1. The molecule has 0 radical (unpaired) electrons. The summed E-state index contributed by atoms with van der Waals surface area (Å²) in [6.07, 6.45) is 0. The van der Waals surface area contributed by atoms with E-state index >= 15 is 0 Å². The molecule has 0 spiro atoms. The van der Waals surface area contributed by atoms with Gasteiger partial charge in [0.05, 0.1) is 0 Å². The van der Waals surface area contributed by atoms with Crippen LogP contribution >= 0.6 is 15.9 Å². The Morgan fingerprint density at radius 1 is 1.29 bits per heavy atom. The maximum atomic E-state index is 11.8. The van der Waals surface area contributed by atoms with E-state index in [4.69, 9.17) is 10.5 Å². The molecule has 0 aromatic heterocycles. The van der Waals surface area contributed by atoms with Gasteiger partial charge >= 0.3 is 0 Å². The number of nitrogens with one attached hydrogen (secondary N) is 1. The zero-order valence-electron chi connectivity index (χ0n) is 11.7. The summed E-state index contributed by atoms with van der Waals surface area (Å²) in [6, 6.07) is 14.8. The van der Waals surface area contributed by atoms with E-state index in [9.17, 15) is 4.79 Å². The Bertz CT molecular complexity index is 612. The van der Waals surface area contributed by atoms with Gasteiger partial charge in [-0.3, -0.25) is 4.79 Å². The lowest BCUT2D eigenvalue weighted by atomic mass is 10.1. The molecule has 0 heterocycles. The number of hydrogen-bond acceptors (Lipinski definition) is 3. The Morgan fingerprint density at radius 2 is 2.00 bits per heavy atom. The molecule has 110 valence electrons. The van der Waals surface area contributed by atoms with E-state index in [-0.39, 0.29) is 18.6 Å². The molecule has 2 aromatic carbocycles. The molecule has 4 nitrogen and oxygen atoms in total. The van der Waals surface area contributed by atoms with Crippen molar-refractivity contribution in [2.24, 2.45) is 5.73 Å². The largest absolute Gasteiger partial charge is 0.484 e. The van der Waals surface area contributed by atoms with Crippen molar-refractivity contribution in [3.8, 4) is 5.75 Å². The fourth-order valence-corrected chi connectivity index (χ4v) is 2.18. The highest BCUT2D eigenvalue weighted by atomic mass is 79.9. The van der Waals surface area contributed by atoms with E-state index < -0.39 is 0 Å². The van der Waals surface area contributed by atoms with Crippen LogP contribution in [0.2, 0.25) is 0 Å². The zero-order valence-corrected chi connectivity index (χ0v) is 13.3. The van der Waals surface area contributed by atoms with E-state index in [0.717, 1.165) is 15.7 Å². The second-order valence-corrected chi connectivity index (χ2v) is 5.62. The van der Waals surface area contributed by atoms with Crippen molar-refractivity contribution in [1.82, 2.24) is 0 Å².